The summed E-state index contributed by atoms with van der Waals surface area (Å²) in [4.78, 5) is 0. The summed E-state index contributed by atoms with van der Waals surface area (Å²) in [7, 11) is 0. The summed E-state index contributed by atoms with van der Waals surface area (Å²) < 4.78 is 20.4. The molecule has 1 aromatic rings. The molecule has 2 heteroatoms. The van der Waals surface area contributed by atoms with Gasteiger partial charge in [-0.2, -0.15) is 0 Å². The van der Waals surface area contributed by atoms with Crippen LogP contribution in [0.15, 0.2) is 17.7 Å². The first-order chi connectivity index (χ1) is 11.1. The van der Waals surface area contributed by atoms with Gasteiger partial charge < -0.3 is 4.74 Å². The second-order valence-electron chi connectivity index (χ2n) is 9.49. The average Bonchev–Trinajstić information content (AvgIpc) is 2.84. The maximum Gasteiger partial charge on any atom is 0.127 e. The maximum atomic E-state index is 14.9. The highest BCUT2D eigenvalue weighted by Crippen LogP contribution is 2.51. The lowest BCUT2D eigenvalue weighted by atomic mass is 9.71. The summed E-state index contributed by atoms with van der Waals surface area (Å²) in [5, 5.41) is 0. The van der Waals surface area contributed by atoms with Crippen LogP contribution in [0.5, 0.6) is 0 Å². The van der Waals surface area contributed by atoms with Crippen LogP contribution in [0.1, 0.15) is 77.0 Å². The third-order valence-electron chi connectivity index (χ3n) is 5.57. The van der Waals surface area contributed by atoms with E-state index in [4.69, 9.17) is 4.74 Å². The number of benzene rings is 1. The van der Waals surface area contributed by atoms with Gasteiger partial charge >= 0.3 is 0 Å². The fourth-order valence-electron chi connectivity index (χ4n) is 4.24. The molecule has 0 bridgehead atoms. The zero-order valence-corrected chi connectivity index (χ0v) is 16.0. The molecule has 3 rings (SSSR count). The summed E-state index contributed by atoms with van der Waals surface area (Å²) in [5.74, 6) is 0.847. The van der Waals surface area contributed by atoms with Crippen LogP contribution in [0.4, 0.5) is 4.39 Å². The van der Waals surface area contributed by atoms with Crippen LogP contribution in [0, 0.1) is 17.2 Å². The summed E-state index contributed by atoms with van der Waals surface area (Å²) in [6.07, 6.45) is 4.48. The average molecular weight is 330 g/mol. The second kappa shape index (κ2) is 5.98. The van der Waals surface area contributed by atoms with Crippen LogP contribution < -0.4 is 0 Å². The van der Waals surface area contributed by atoms with Gasteiger partial charge in [-0.05, 0) is 58.4 Å². The number of hydrogen-bond acceptors (Lipinski definition) is 1. The minimum Gasteiger partial charge on any atom is -0.381 e. The topological polar surface area (TPSA) is 9.23 Å². The zero-order valence-electron chi connectivity index (χ0n) is 16.0. The van der Waals surface area contributed by atoms with E-state index in [0.29, 0.717) is 11.8 Å². The number of halogens is 1. The summed E-state index contributed by atoms with van der Waals surface area (Å²) >= 11 is 0. The van der Waals surface area contributed by atoms with Gasteiger partial charge in [0.2, 0.25) is 0 Å². The molecule has 1 fully saturated rings. The van der Waals surface area contributed by atoms with Crippen LogP contribution in [-0.4, -0.2) is 13.2 Å². The molecule has 1 atom stereocenters. The smallest absolute Gasteiger partial charge is 0.127 e. The first-order valence-electron chi connectivity index (χ1n) is 9.23. The molecule has 0 spiro atoms. The summed E-state index contributed by atoms with van der Waals surface area (Å²) in [5.41, 5.74) is 4.61. The predicted molar refractivity (Wildman–Crippen MR) is 98.8 cm³/mol. The highest BCUT2D eigenvalue weighted by atomic mass is 19.1. The van der Waals surface area contributed by atoms with Crippen LogP contribution >= 0.6 is 0 Å². The lowest BCUT2D eigenvalue weighted by molar-refractivity contribution is 0.0599. The van der Waals surface area contributed by atoms with Gasteiger partial charge in [-0.1, -0.05) is 53.2 Å². The molecule has 24 heavy (non-hydrogen) atoms. The second-order valence-corrected chi connectivity index (χ2v) is 9.49. The Morgan fingerprint density at radius 2 is 1.58 bits per heavy atom. The van der Waals surface area contributed by atoms with Crippen molar-refractivity contribution in [2.45, 2.75) is 65.7 Å². The zero-order chi connectivity index (χ0) is 17.7. The molecule has 1 aliphatic carbocycles. The Morgan fingerprint density at radius 3 is 2.12 bits per heavy atom. The first-order valence-corrected chi connectivity index (χ1v) is 9.23. The molecule has 1 saturated heterocycles. The Hall–Kier alpha value is -1.15. The molecule has 0 N–H and O–H groups in total. The quantitative estimate of drug-likeness (QED) is 0.606. The van der Waals surface area contributed by atoms with Crippen molar-refractivity contribution in [3.8, 4) is 0 Å². The van der Waals surface area contributed by atoms with Gasteiger partial charge in [0.05, 0.1) is 0 Å². The van der Waals surface area contributed by atoms with E-state index in [2.05, 4.69) is 53.7 Å². The van der Waals surface area contributed by atoms with E-state index in [1.54, 1.807) is 0 Å². The lowest BCUT2D eigenvalue weighted by Crippen LogP contribution is -2.26. The van der Waals surface area contributed by atoms with E-state index in [9.17, 15) is 4.39 Å². The Kier molecular flexibility index (Phi) is 4.40. The Bertz CT molecular complexity index is 652. The van der Waals surface area contributed by atoms with E-state index in [1.807, 2.05) is 6.07 Å². The lowest BCUT2D eigenvalue weighted by Gasteiger charge is -2.35. The van der Waals surface area contributed by atoms with Crippen LogP contribution in [-0.2, 0) is 10.2 Å². The number of ether oxygens (including phenoxy) is 1. The summed E-state index contributed by atoms with van der Waals surface area (Å²) in [6, 6.07) is 3.92. The van der Waals surface area contributed by atoms with Gasteiger partial charge in [0.15, 0.2) is 0 Å². The normalized spacial score (nSPS) is 22.5. The van der Waals surface area contributed by atoms with Gasteiger partial charge in [-0.25, -0.2) is 4.39 Å². The van der Waals surface area contributed by atoms with Crippen molar-refractivity contribution < 1.29 is 9.13 Å². The minimum atomic E-state index is -0.175. The van der Waals surface area contributed by atoms with Gasteiger partial charge in [-0.3, -0.25) is 0 Å². The molecular formula is C22H31FO. The van der Waals surface area contributed by atoms with Crippen molar-refractivity contribution in [2.24, 2.45) is 11.3 Å². The van der Waals surface area contributed by atoms with Gasteiger partial charge in [0, 0.05) is 19.1 Å². The van der Waals surface area contributed by atoms with Gasteiger partial charge in [0.25, 0.3) is 0 Å². The van der Waals surface area contributed by atoms with Crippen molar-refractivity contribution in [3.63, 3.8) is 0 Å². The van der Waals surface area contributed by atoms with Crippen molar-refractivity contribution >= 4 is 6.08 Å². The highest BCUT2D eigenvalue weighted by Gasteiger charge is 2.39. The molecule has 0 saturated carbocycles. The van der Waals surface area contributed by atoms with Crippen molar-refractivity contribution in [2.75, 3.05) is 13.2 Å². The van der Waals surface area contributed by atoms with Crippen molar-refractivity contribution in [1.29, 1.82) is 0 Å². The highest BCUT2D eigenvalue weighted by molar-refractivity contribution is 5.69. The van der Waals surface area contributed by atoms with Gasteiger partial charge in [0.1, 0.15) is 5.82 Å². The van der Waals surface area contributed by atoms with Crippen molar-refractivity contribution in [1.82, 2.24) is 0 Å². The molecule has 0 aromatic heterocycles. The van der Waals surface area contributed by atoms with E-state index in [1.165, 1.54) is 16.7 Å². The van der Waals surface area contributed by atoms with E-state index in [-0.39, 0.29) is 16.6 Å². The molecule has 1 aliphatic heterocycles. The molecular weight excluding hydrogens is 299 g/mol. The SMILES string of the molecule is CC(C)(C)C1=Cc2cc(C(C)(C)C)c(F)cc2C1C1CCOCC1. The van der Waals surface area contributed by atoms with Crippen LogP contribution in [0.3, 0.4) is 0 Å². The number of rotatable bonds is 1. The third-order valence-corrected chi connectivity index (χ3v) is 5.57. The molecule has 0 amide bonds. The fraction of sp³-hybridized carbons (Fsp3) is 0.636. The number of hydrogen-bond donors (Lipinski definition) is 0. The molecule has 1 unspecified atom stereocenters. The summed E-state index contributed by atoms with van der Waals surface area (Å²) in [6.45, 7) is 14.7. The monoisotopic (exact) mass is 330 g/mol. The Labute approximate surface area is 146 Å². The van der Waals surface area contributed by atoms with Gasteiger partial charge in [-0.15, -0.1) is 0 Å². The molecule has 1 aromatic carbocycles. The standard InChI is InChI=1S/C22H31FO/c1-21(2,3)17-11-15-12-18(22(4,5)6)20(16(15)13-19(17)23)14-7-9-24-10-8-14/h11-14,20H,7-10H2,1-6H3. The molecule has 1 heterocycles. The van der Waals surface area contributed by atoms with Crippen molar-refractivity contribution in [3.05, 3.63) is 40.2 Å². The third kappa shape index (κ3) is 3.18. The van der Waals surface area contributed by atoms with Crippen LogP contribution in [0.25, 0.3) is 6.08 Å². The number of fused-ring (bicyclic) bond motifs is 1. The van der Waals surface area contributed by atoms with Crippen LogP contribution in [0.2, 0.25) is 0 Å². The Balaban J connectivity index is 2.10. The minimum absolute atomic E-state index is 0.0538. The first kappa shape index (κ1) is 17.7. The molecule has 2 aliphatic rings. The Morgan fingerprint density at radius 1 is 0.958 bits per heavy atom. The largest absolute Gasteiger partial charge is 0.381 e. The molecule has 0 radical (unpaired) electrons. The molecule has 132 valence electrons. The van der Waals surface area contributed by atoms with E-state index in [0.717, 1.165) is 31.6 Å². The maximum absolute atomic E-state index is 14.9. The fourth-order valence-corrected chi connectivity index (χ4v) is 4.24. The molecule has 1 nitrogen and oxygen atoms in total. The predicted octanol–water partition coefficient (Wildman–Crippen LogP) is 6.08. The van der Waals surface area contributed by atoms with E-state index >= 15 is 0 Å². The van der Waals surface area contributed by atoms with E-state index < -0.39 is 0 Å². The number of allylic oxidation sites excluding steroid dienone is 1.